The van der Waals surface area contributed by atoms with Crippen LogP contribution in [0.1, 0.15) is 31.8 Å². The Balaban J connectivity index is 1.86. The number of carboxylic acids is 1. The molecule has 0 aliphatic rings. The molecule has 1 heterocycles. The van der Waals surface area contributed by atoms with Crippen LogP contribution in [-0.4, -0.2) is 29.6 Å². The van der Waals surface area contributed by atoms with Crippen LogP contribution in [0.3, 0.4) is 0 Å². The lowest BCUT2D eigenvalue weighted by molar-refractivity contribution is 0.0702. The van der Waals surface area contributed by atoms with Gasteiger partial charge in [0.2, 0.25) is 0 Å². The monoisotopic (exact) mass is 319 g/mol. The van der Waals surface area contributed by atoms with Gasteiger partial charge in [-0.2, -0.15) is 0 Å². The first kappa shape index (κ1) is 16.0. The molecule has 6 heteroatoms. The van der Waals surface area contributed by atoms with Crippen molar-refractivity contribution >= 4 is 23.2 Å². The van der Waals surface area contributed by atoms with E-state index in [0.717, 1.165) is 22.6 Å². The zero-order valence-corrected chi connectivity index (χ0v) is 13.1. The van der Waals surface area contributed by atoms with Gasteiger partial charge in [0.1, 0.15) is 17.2 Å². The molecule has 2 rings (SSSR count). The van der Waals surface area contributed by atoms with Crippen LogP contribution in [0.5, 0.6) is 5.75 Å². The molecule has 116 valence electrons. The van der Waals surface area contributed by atoms with Gasteiger partial charge in [0.15, 0.2) is 0 Å². The van der Waals surface area contributed by atoms with Gasteiger partial charge in [-0.15, -0.1) is 11.3 Å². The van der Waals surface area contributed by atoms with Gasteiger partial charge in [-0.3, -0.25) is 4.79 Å². The summed E-state index contributed by atoms with van der Waals surface area (Å²) in [6, 6.07) is 10.4. The summed E-state index contributed by atoms with van der Waals surface area (Å²) in [5, 5.41) is 11.6. The Kier molecular flexibility index (Phi) is 5.16. The van der Waals surface area contributed by atoms with Gasteiger partial charge in [-0.25, -0.2) is 4.79 Å². The van der Waals surface area contributed by atoms with Gasteiger partial charge in [-0.1, -0.05) is 12.1 Å². The second-order valence-electron chi connectivity index (χ2n) is 4.97. The Bertz CT molecular complexity index is 680. The summed E-state index contributed by atoms with van der Waals surface area (Å²) in [6.45, 7) is 4.15. The van der Waals surface area contributed by atoms with Gasteiger partial charge in [-0.05, 0) is 43.7 Å². The molecule has 1 atom stereocenters. The molecule has 5 nitrogen and oxygen atoms in total. The molecule has 0 radical (unpaired) electrons. The van der Waals surface area contributed by atoms with Crippen LogP contribution in [-0.2, 0) is 0 Å². The minimum absolute atomic E-state index is 0.147. The average Bonchev–Trinajstić information content (AvgIpc) is 2.95. The summed E-state index contributed by atoms with van der Waals surface area (Å²) in [5.74, 6) is -0.567. The molecule has 0 saturated carbocycles. The molecule has 0 fully saturated rings. The van der Waals surface area contributed by atoms with E-state index in [0.29, 0.717) is 11.5 Å². The van der Waals surface area contributed by atoms with Crippen molar-refractivity contribution < 1.29 is 19.4 Å². The number of aromatic carboxylic acids is 1. The number of hydrogen-bond donors (Lipinski definition) is 2. The molecule has 1 aromatic carbocycles. The topological polar surface area (TPSA) is 75.6 Å². The van der Waals surface area contributed by atoms with E-state index in [9.17, 15) is 9.59 Å². The van der Waals surface area contributed by atoms with Crippen LogP contribution >= 0.6 is 11.3 Å². The quantitative estimate of drug-likeness (QED) is 0.858. The molecule has 2 N–H and O–H groups in total. The highest BCUT2D eigenvalue weighted by molar-refractivity contribution is 7.15. The lowest BCUT2D eigenvalue weighted by Crippen LogP contribution is -2.36. The molecular weight excluding hydrogens is 302 g/mol. The fourth-order valence-electron chi connectivity index (χ4n) is 1.84. The van der Waals surface area contributed by atoms with E-state index in [2.05, 4.69) is 5.32 Å². The van der Waals surface area contributed by atoms with Crippen LogP contribution in [0.2, 0.25) is 0 Å². The molecule has 1 amide bonds. The van der Waals surface area contributed by atoms with Crippen LogP contribution in [0.15, 0.2) is 36.4 Å². The summed E-state index contributed by atoms with van der Waals surface area (Å²) in [4.78, 5) is 23.3. The number of rotatable bonds is 6. The Morgan fingerprint density at radius 1 is 1.27 bits per heavy atom. The molecule has 0 aliphatic heterocycles. The molecule has 1 aromatic heterocycles. The number of carboxylic acid groups (broad SMARTS) is 1. The number of ether oxygens (including phenoxy) is 1. The van der Waals surface area contributed by atoms with Crippen molar-refractivity contribution in [2.24, 2.45) is 0 Å². The first-order valence-corrected chi connectivity index (χ1v) is 7.61. The third kappa shape index (κ3) is 4.33. The molecule has 0 aliphatic carbocycles. The van der Waals surface area contributed by atoms with Crippen LogP contribution in [0.25, 0.3) is 0 Å². The van der Waals surface area contributed by atoms with Gasteiger partial charge in [0.25, 0.3) is 5.91 Å². The number of thiophene rings is 1. The fraction of sp³-hybridized carbons (Fsp3) is 0.250. The van der Waals surface area contributed by atoms with Crippen LogP contribution in [0.4, 0.5) is 0 Å². The first-order valence-electron chi connectivity index (χ1n) is 6.79. The Morgan fingerprint density at radius 2 is 2.00 bits per heavy atom. The molecule has 2 aromatic rings. The molecular formula is C16H17NO4S. The smallest absolute Gasteiger partial charge is 0.345 e. The summed E-state index contributed by atoms with van der Waals surface area (Å²) in [5.41, 5.74) is 1.11. The fourth-order valence-corrected chi connectivity index (χ4v) is 2.59. The molecule has 0 spiro atoms. The number of amides is 1. The average molecular weight is 319 g/mol. The summed E-state index contributed by atoms with van der Waals surface area (Å²) >= 11 is 0.955. The summed E-state index contributed by atoms with van der Waals surface area (Å²) < 4.78 is 5.62. The standard InChI is InChI=1S/C16H17NO4S/c1-10-4-3-5-12(8-10)21-9-11(2)17-15(18)13-6-7-14(22-13)16(19)20/h3-8,11H,9H2,1-2H3,(H,17,18)(H,19,20). The van der Waals surface area contributed by atoms with Gasteiger partial charge in [0, 0.05) is 0 Å². The van der Waals surface area contributed by atoms with Crippen LogP contribution in [0, 0.1) is 6.92 Å². The zero-order valence-electron chi connectivity index (χ0n) is 12.3. The highest BCUT2D eigenvalue weighted by Gasteiger charge is 2.15. The van der Waals surface area contributed by atoms with E-state index in [4.69, 9.17) is 9.84 Å². The van der Waals surface area contributed by atoms with Crippen molar-refractivity contribution in [1.29, 1.82) is 0 Å². The Labute approximate surface area is 132 Å². The number of benzene rings is 1. The molecule has 0 bridgehead atoms. The maximum atomic E-state index is 12.0. The van der Waals surface area contributed by atoms with Crippen molar-refractivity contribution in [3.05, 3.63) is 51.7 Å². The normalized spacial score (nSPS) is 11.7. The van der Waals surface area contributed by atoms with E-state index in [1.165, 1.54) is 12.1 Å². The summed E-state index contributed by atoms with van der Waals surface area (Å²) in [6.07, 6.45) is 0. The number of hydrogen-bond acceptors (Lipinski definition) is 4. The highest BCUT2D eigenvalue weighted by atomic mass is 32.1. The molecule has 22 heavy (non-hydrogen) atoms. The largest absolute Gasteiger partial charge is 0.491 e. The van der Waals surface area contributed by atoms with Gasteiger partial charge in [0.05, 0.1) is 10.9 Å². The Morgan fingerprint density at radius 3 is 2.64 bits per heavy atom. The maximum Gasteiger partial charge on any atom is 0.345 e. The van der Waals surface area contributed by atoms with Crippen molar-refractivity contribution in [2.75, 3.05) is 6.61 Å². The second-order valence-corrected chi connectivity index (χ2v) is 6.05. The minimum atomic E-state index is -1.03. The van der Waals surface area contributed by atoms with E-state index >= 15 is 0 Å². The van der Waals surface area contributed by atoms with Gasteiger partial charge < -0.3 is 15.2 Å². The SMILES string of the molecule is Cc1cccc(OCC(C)NC(=O)c2ccc(C(=O)O)s2)c1. The third-order valence-corrected chi connectivity index (χ3v) is 3.98. The van der Waals surface area contributed by atoms with E-state index in [1.807, 2.05) is 38.1 Å². The Hall–Kier alpha value is -2.34. The molecule has 1 unspecified atom stereocenters. The van der Waals surface area contributed by atoms with E-state index in [1.54, 1.807) is 0 Å². The predicted octanol–water partition coefficient (Wildman–Crippen LogP) is 2.95. The lowest BCUT2D eigenvalue weighted by atomic mass is 10.2. The maximum absolute atomic E-state index is 12.0. The second kappa shape index (κ2) is 7.09. The highest BCUT2D eigenvalue weighted by Crippen LogP contribution is 2.16. The first-order chi connectivity index (χ1) is 10.5. The van der Waals surface area contributed by atoms with Crippen molar-refractivity contribution in [2.45, 2.75) is 19.9 Å². The van der Waals surface area contributed by atoms with Crippen molar-refractivity contribution in [1.82, 2.24) is 5.32 Å². The van der Waals surface area contributed by atoms with Crippen LogP contribution < -0.4 is 10.1 Å². The third-order valence-electron chi connectivity index (χ3n) is 2.91. The molecule has 0 saturated heterocycles. The minimum Gasteiger partial charge on any atom is -0.491 e. The predicted molar refractivity (Wildman–Crippen MR) is 84.9 cm³/mol. The lowest BCUT2D eigenvalue weighted by Gasteiger charge is -2.14. The zero-order chi connectivity index (χ0) is 16.1. The number of aryl methyl sites for hydroxylation is 1. The number of carbonyl (C=O) groups is 2. The van der Waals surface area contributed by atoms with E-state index < -0.39 is 5.97 Å². The number of nitrogens with one attached hydrogen (secondary N) is 1. The summed E-state index contributed by atoms with van der Waals surface area (Å²) in [7, 11) is 0. The van der Waals surface area contributed by atoms with E-state index in [-0.39, 0.29) is 16.8 Å². The number of carbonyl (C=O) groups excluding carboxylic acids is 1. The van der Waals surface area contributed by atoms with Crippen molar-refractivity contribution in [3.8, 4) is 5.75 Å². The van der Waals surface area contributed by atoms with Gasteiger partial charge >= 0.3 is 5.97 Å². The van der Waals surface area contributed by atoms with Crippen molar-refractivity contribution in [3.63, 3.8) is 0 Å².